The molecule has 2 aromatic rings. The first-order chi connectivity index (χ1) is 9.79. The van der Waals surface area contributed by atoms with Gasteiger partial charge in [-0.1, -0.05) is 0 Å². The predicted molar refractivity (Wildman–Crippen MR) is 80.4 cm³/mol. The van der Waals surface area contributed by atoms with Crippen molar-refractivity contribution in [2.75, 3.05) is 5.73 Å². The van der Waals surface area contributed by atoms with Gasteiger partial charge in [0.2, 0.25) is 0 Å². The van der Waals surface area contributed by atoms with E-state index in [2.05, 4.69) is 5.32 Å². The molecule has 1 heterocycles. The molecule has 0 aliphatic carbocycles. The third kappa shape index (κ3) is 3.21. The van der Waals surface area contributed by atoms with E-state index in [0.717, 1.165) is 27.5 Å². The number of nitrogens with two attached hydrogens (primary N) is 1. The second-order valence-corrected chi connectivity index (χ2v) is 6.38. The molecule has 21 heavy (non-hydrogen) atoms. The highest BCUT2D eigenvalue weighted by Crippen LogP contribution is 2.26. The van der Waals surface area contributed by atoms with Crippen LogP contribution in [0, 0.1) is 25.5 Å². The van der Waals surface area contributed by atoms with Crippen molar-refractivity contribution >= 4 is 22.9 Å². The molecular formula is C15H16F2N2OS. The molecule has 0 radical (unpaired) electrons. The van der Waals surface area contributed by atoms with E-state index in [1.807, 2.05) is 26.8 Å². The number of hydrogen-bond donors (Lipinski definition) is 2. The Kier molecular flexibility index (Phi) is 4.27. The van der Waals surface area contributed by atoms with E-state index in [0.29, 0.717) is 0 Å². The van der Waals surface area contributed by atoms with E-state index in [1.165, 1.54) is 0 Å². The summed E-state index contributed by atoms with van der Waals surface area (Å²) in [4.78, 5) is 14.3. The molecule has 1 amide bonds. The van der Waals surface area contributed by atoms with Crippen LogP contribution in [-0.2, 0) is 0 Å². The lowest BCUT2D eigenvalue weighted by Crippen LogP contribution is -2.27. The number of carbonyl (C=O) groups is 1. The molecule has 0 bridgehead atoms. The Labute approximate surface area is 125 Å². The van der Waals surface area contributed by atoms with Gasteiger partial charge in [0.1, 0.15) is 17.3 Å². The molecule has 1 aromatic heterocycles. The van der Waals surface area contributed by atoms with Gasteiger partial charge in [0.05, 0.1) is 6.04 Å². The number of nitrogen functional groups attached to an aromatic ring is 1. The number of aryl methyl sites for hydroxylation is 2. The molecule has 0 spiro atoms. The molecule has 0 aliphatic rings. The third-order valence-corrected chi connectivity index (χ3v) is 4.22. The maximum atomic E-state index is 13.4. The summed E-state index contributed by atoms with van der Waals surface area (Å²) in [6, 6.07) is 3.62. The maximum Gasteiger partial charge on any atom is 0.251 e. The Morgan fingerprint density at radius 2 is 1.81 bits per heavy atom. The summed E-state index contributed by atoms with van der Waals surface area (Å²) in [5.41, 5.74) is 5.52. The molecule has 1 atom stereocenters. The van der Waals surface area contributed by atoms with E-state index < -0.39 is 23.2 Å². The van der Waals surface area contributed by atoms with Crippen LogP contribution in [0.1, 0.15) is 38.6 Å². The molecule has 0 fully saturated rings. The Balaban J connectivity index is 2.20. The summed E-state index contributed by atoms with van der Waals surface area (Å²) in [7, 11) is 0. The third-order valence-electron chi connectivity index (χ3n) is 3.23. The van der Waals surface area contributed by atoms with Gasteiger partial charge in [-0.15, -0.1) is 11.3 Å². The number of halogens is 2. The van der Waals surface area contributed by atoms with Crippen LogP contribution in [0.2, 0.25) is 0 Å². The monoisotopic (exact) mass is 310 g/mol. The number of rotatable bonds is 3. The lowest BCUT2D eigenvalue weighted by atomic mass is 10.1. The number of thiophene rings is 1. The number of anilines is 1. The van der Waals surface area contributed by atoms with Crippen molar-refractivity contribution < 1.29 is 13.6 Å². The van der Waals surface area contributed by atoms with Gasteiger partial charge < -0.3 is 11.1 Å². The smallest absolute Gasteiger partial charge is 0.251 e. The quantitative estimate of drug-likeness (QED) is 0.849. The van der Waals surface area contributed by atoms with Gasteiger partial charge in [0.25, 0.3) is 5.91 Å². The first kappa shape index (κ1) is 15.4. The summed E-state index contributed by atoms with van der Waals surface area (Å²) < 4.78 is 26.8. The largest absolute Gasteiger partial charge is 0.394 e. The normalized spacial score (nSPS) is 12.2. The minimum atomic E-state index is -0.935. The van der Waals surface area contributed by atoms with Crippen molar-refractivity contribution in [2.24, 2.45) is 0 Å². The van der Waals surface area contributed by atoms with Crippen LogP contribution in [0.3, 0.4) is 0 Å². The van der Waals surface area contributed by atoms with Gasteiger partial charge in [-0.3, -0.25) is 4.79 Å². The van der Waals surface area contributed by atoms with Crippen LogP contribution in [0.25, 0.3) is 0 Å². The van der Waals surface area contributed by atoms with Crippen molar-refractivity contribution in [3.63, 3.8) is 0 Å². The fourth-order valence-corrected chi connectivity index (χ4v) is 3.18. The topological polar surface area (TPSA) is 55.1 Å². The average molecular weight is 310 g/mol. The number of nitrogens with one attached hydrogen (secondary N) is 1. The molecule has 6 heteroatoms. The van der Waals surface area contributed by atoms with Gasteiger partial charge in [-0.05, 0) is 44.5 Å². The number of carbonyl (C=O) groups excluding carboxylic acids is 1. The Morgan fingerprint density at radius 3 is 2.29 bits per heavy atom. The van der Waals surface area contributed by atoms with Crippen LogP contribution in [0.15, 0.2) is 18.2 Å². The minimum Gasteiger partial charge on any atom is -0.394 e. The van der Waals surface area contributed by atoms with Gasteiger partial charge in [0, 0.05) is 15.3 Å². The van der Waals surface area contributed by atoms with Crippen molar-refractivity contribution in [2.45, 2.75) is 26.8 Å². The van der Waals surface area contributed by atoms with Crippen LogP contribution in [0.4, 0.5) is 14.5 Å². The Morgan fingerprint density at radius 1 is 1.24 bits per heavy atom. The molecule has 1 unspecified atom stereocenters. The van der Waals surface area contributed by atoms with E-state index in [1.54, 1.807) is 11.3 Å². The van der Waals surface area contributed by atoms with E-state index in [-0.39, 0.29) is 11.6 Å². The van der Waals surface area contributed by atoms with E-state index >= 15 is 0 Å². The van der Waals surface area contributed by atoms with Gasteiger partial charge in [-0.25, -0.2) is 8.78 Å². The standard InChI is InChI=1S/C15H16F2N2OS/c1-7-4-11(9(3)21-7)8(2)19-15(20)10-5-12(16)14(18)13(17)6-10/h4-6,8H,18H2,1-3H3,(H,19,20). The lowest BCUT2D eigenvalue weighted by Gasteiger charge is -2.14. The maximum absolute atomic E-state index is 13.4. The Hall–Kier alpha value is -1.95. The summed E-state index contributed by atoms with van der Waals surface area (Å²) in [5, 5.41) is 2.73. The molecule has 0 saturated heterocycles. The van der Waals surface area contributed by atoms with Gasteiger partial charge >= 0.3 is 0 Å². The van der Waals surface area contributed by atoms with Crippen molar-refractivity contribution in [1.29, 1.82) is 0 Å². The summed E-state index contributed by atoms with van der Waals surface area (Å²) in [6.07, 6.45) is 0. The number of benzene rings is 1. The van der Waals surface area contributed by atoms with Crippen LogP contribution in [0.5, 0.6) is 0 Å². The fourth-order valence-electron chi connectivity index (χ4n) is 2.15. The molecule has 3 nitrogen and oxygen atoms in total. The van der Waals surface area contributed by atoms with E-state index in [9.17, 15) is 13.6 Å². The SMILES string of the molecule is Cc1cc(C(C)NC(=O)c2cc(F)c(N)c(F)c2)c(C)s1. The fraction of sp³-hybridized carbons (Fsp3) is 0.267. The summed E-state index contributed by atoms with van der Waals surface area (Å²) >= 11 is 1.64. The zero-order valence-corrected chi connectivity index (χ0v) is 12.8. The first-order valence-corrected chi connectivity index (χ1v) is 7.23. The highest BCUT2D eigenvalue weighted by Gasteiger charge is 2.17. The van der Waals surface area contributed by atoms with Gasteiger partial charge in [0.15, 0.2) is 0 Å². The summed E-state index contributed by atoms with van der Waals surface area (Å²) in [5.74, 6) is -2.41. The average Bonchev–Trinajstić information content (AvgIpc) is 2.74. The highest BCUT2D eigenvalue weighted by atomic mass is 32.1. The first-order valence-electron chi connectivity index (χ1n) is 6.42. The predicted octanol–water partition coefficient (Wildman–Crippen LogP) is 3.72. The number of hydrogen-bond acceptors (Lipinski definition) is 3. The van der Waals surface area contributed by atoms with Gasteiger partial charge in [-0.2, -0.15) is 0 Å². The molecule has 0 saturated carbocycles. The highest BCUT2D eigenvalue weighted by molar-refractivity contribution is 7.12. The lowest BCUT2D eigenvalue weighted by molar-refractivity contribution is 0.0939. The Bertz CT molecular complexity index is 674. The van der Waals surface area contributed by atoms with Crippen molar-refractivity contribution in [3.8, 4) is 0 Å². The molecule has 2 rings (SSSR count). The van der Waals surface area contributed by atoms with Crippen LogP contribution >= 0.6 is 11.3 Å². The zero-order valence-electron chi connectivity index (χ0n) is 12.0. The molecular weight excluding hydrogens is 294 g/mol. The van der Waals surface area contributed by atoms with Crippen molar-refractivity contribution in [3.05, 3.63) is 50.7 Å². The summed E-state index contributed by atoms with van der Waals surface area (Å²) in [6.45, 7) is 5.79. The molecule has 3 N–H and O–H groups in total. The van der Waals surface area contributed by atoms with Crippen molar-refractivity contribution in [1.82, 2.24) is 5.32 Å². The molecule has 0 aliphatic heterocycles. The number of amides is 1. The second-order valence-electron chi connectivity index (χ2n) is 4.92. The second kappa shape index (κ2) is 5.81. The zero-order chi connectivity index (χ0) is 15.7. The van der Waals surface area contributed by atoms with E-state index in [4.69, 9.17) is 5.73 Å². The molecule has 1 aromatic carbocycles. The minimum absolute atomic E-state index is 0.0874. The van der Waals surface area contributed by atoms with Crippen LogP contribution in [-0.4, -0.2) is 5.91 Å². The molecule has 112 valence electrons. The van der Waals surface area contributed by atoms with Crippen LogP contribution < -0.4 is 11.1 Å².